The summed E-state index contributed by atoms with van der Waals surface area (Å²) in [7, 11) is 0. The van der Waals surface area contributed by atoms with E-state index in [0.29, 0.717) is 13.0 Å². The van der Waals surface area contributed by atoms with Crippen LogP contribution in [0.4, 0.5) is 4.39 Å². The predicted octanol–water partition coefficient (Wildman–Crippen LogP) is 3.45. The van der Waals surface area contributed by atoms with Crippen LogP contribution in [0.15, 0.2) is 30.9 Å². The first-order chi connectivity index (χ1) is 8.67. The molecule has 0 aromatic heterocycles. The Kier molecular flexibility index (Phi) is 6.44. The summed E-state index contributed by atoms with van der Waals surface area (Å²) >= 11 is 0. The molecule has 1 rings (SSSR count). The van der Waals surface area contributed by atoms with Crippen molar-refractivity contribution < 1.29 is 9.13 Å². The van der Waals surface area contributed by atoms with Gasteiger partial charge in [-0.05, 0) is 49.4 Å². The van der Waals surface area contributed by atoms with E-state index in [0.717, 1.165) is 30.6 Å². The van der Waals surface area contributed by atoms with E-state index in [1.165, 1.54) is 12.1 Å². The highest BCUT2D eigenvalue weighted by Gasteiger charge is 2.09. The van der Waals surface area contributed by atoms with Crippen LogP contribution in [0, 0.1) is 5.82 Å². The molecule has 0 aliphatic heterocycles. The lowest BCUT2D eigenvalue weighted by atomic mass is 10.0. The molecule has 0 bridgehead atoms. The fourth-order valence-corrected chi connectivity index (χ4v) is 1.68. The van der Waals surface area contributed by atoms with Crippen LogP contribution in [0.3, 0.4) is 0 Å². The van der Waals surface area contributed by atoms with Gasteiger partial charge in [0.1, 0.15) is 11.6 Å². The molecule has 0 amide bonds. The quantitative estimate of drug-likeness (QED) is 0.567. The van der Waals surface area contributed by atoms with Gasteiger partial charge in [0.25, 0.3) is 0 Å². The Morgan fingerprint density at radius 2 is 2.28 bits per heavy atom. The minimum Gasteiger partial charge on any atom is -0.493 e. The third-order valence-electron chi connectivity index (χ3n) is 2.84. The molecule has 1 aromatic carbocycles. The summed E-state index contributed by atoms with van der Waals surface area (Å²) in [5.74, 6) is 0.496. The lowest BCUT2D eigenvalue weighted by Crippen LogP contribution is -2.21. The Morgan fingerprint density at radius 3 is 2.94 bits per heavy atom. The number of nitrogens with two attached hydrogens (primary N) is 1. The van der Waals surface area contributed by atoms with E-state index in [1.54, 1.807) is 6.07 Å². The SMILES string of the molecule is C=CCCCOc1ccc(F)cc1CC(N)CC. The topological polar surface area (TPSA) is 35.2 Å². The Bertz CT molecular complexity index is 379. The zero-order valence-electron chi connectivity index (χ0n) is 11.0. The van der Waals surface area contributed by atoms with Gasteiger partial charge in [0.05, 0.1) is 6.61 Å². The zero-order chi connectivity index (χ0) is 13.4. The molecule has 0 spiro atoms. The standard InChI is InChI=1S/C15H22FNO/c1-3-5-6-9-18-15-8-7-13(16)10-12(15)11-14(17)4-2/h3,7-8,10,14H,1,4-6,9,11,17H2,2H3. The maximum absolute atomic E-state index is 13.2. The van der Waals surface area contributed by atoms with Crippen LogP contribution in [0.25, 0.3) is 0 Å². The molecular weight excluding hydrogens is 229 g/mol. The molecule has 1 aromatic rings. The fraction of sp³-hybridized carbons (Fsp3) is 0.467. The highest BCUT2D eigenvalue weighted by Crippen LogP contribution is 2.22. The van der Waals surface area contributed by atoms with Crippen molar-refractivity contribution in [2.75, 3.05) is 6.61 Å². The van der Waals surface area contributed by atoms with Crippen molar-refractivity contribution >= 4 is 0 Å². The normalized spacial score (nSPS) is 12.2. The molecule has 1 unspecified atom stereocenters. The number of allylic oxidation sites excluding steroid dienone is 1. The lowest BCUT2D eigenvalue weighted by molar-refractivity contribution is 0.307. The Labute approximate surface area is 109 Å². The van der Waals surface area contributed by atoms with Crippen LogP contribution >= 0.6 is 0 Å². The minimum atomic E-state index is -0.244. The van der Waals surface area contributed by atoms with Crippen LogP contribution in [0.1, 0.15) is 31.7 Å². The molecule has 1 atom stereocenters. The number of rotatable bonds is 8. The van der Waals surface area contributed by atoms with Crippen LogP contribution < -0.4 is 10.5 Å². The van der Waals surface area contributed by atoms with Crippen LogP contribution in [-0.2, 0) is 6.42 Å². The van der Waals surface area contributed by atoms with Gasteiger partial charge in [0.2, 0.25) is 0 Å². The number of hydrogen-bond donors (Lipinski definition) is 1. The molecule has 2 nitrogen and oxygen atoms in total. The van der Waals surface area contributed by atoms with Crippen LogP contribution in [-0.4, -0.2) is 12.6 Å². The van der Waals surface area contributed by atoms with Crippen LogP contribution in [0.5, 0.6) is 5.75 Å². The third-order valence-corrected chi connectivity index (χ3v) is 2.84. The molecule has 18 heavy (non-hydrogen) atoms. The molecule has 2 N–H and O–H groups in total. The summed E-state index contributed by atoms with van der Waals surface area (Å²) in [5, 5.41) is 0. The molecule has 0 fully saturated rings. The van der Waals surface area contributed by atoms with E-state index in [9.17, 15) is 4.39 Å². The second kappa shape index (κ2) is 7.88. The molecule has 100 valence electrons. The van der Waals surface area contributed by atoms with Gasteiger partial charge in [-0.25, -0.2) is 4.39 Å². The molecule has 3 heteroatoms. The predicted molar refractivity (Wildman–Crippen MR) is 73.3 cm³/mol. The van der Waals surface area contributed by atoms with E-state index in [4.69, 9.17) is 10.5 Å². The number of hydrogen-bond acceptors (Lipinski definition) is 2. The second-order valence-corrected chi connectivity index (χ2v) is 4.40. The monoisotopic (exact) mass is 251 g/mol. The highest BCUT2D eigenvalue weighted by molar-refractivity contribution is 5.34. The maximum Gasteiger partial charge on any atom is 0.123 e. The summed E-state index contributed by atoms with van der Waals surface area (Å²) in [4.78, 5) is 0. The molecule has 0 heterocycles. The van der Waals surface area contributed by atoms with E-state index in [1.807, 2.05) is 13.0 Å². The average Bonchev–Trinajstić information content (AvgIpc) is 2.36. The third kappa shape index (κ3) is 4.88. The minimum absolute atomic E-state index is 0.0438. The zero-order valence-corrected chi connectivity index (χ0v) is 11.0. The molecule has 0 aliphatic rings. The Hall–Kier alpha value is -1.35. The summed E-state index contributed by atoms with van der Waals surface area (Å²) < 4.78 is 18.9. The van der Waals surface area contributed by atoms with E-state index >= 15 is 0 Å². The van der Waals surface area contributed by atoms with E-state index in [2.05, 4.69) is 6.58 Å². The van der Waals surface area contributed by atoms with Gasteiger partial charge in [0.15, 0.2) is 0 Å². The number of halogens is 1. The molecule has 0 saturated heterocycles. The van der Waals surface area contributed by atoms with Gasteiger partial charge >= 0.3 is 0 Å². The van der Waals surface area contributed by atoms with Gasteiger partial charge < -0.3 is 10.5 Å². The van der Waals surface area contributed by atoms with Crippen molar-refractivity contribution in [3.8, 4) is 5.75 Å². The molecule has 0 saturated carbocycles. The van der Waals surface area contributed by atoms with Crippen molar-refractivity contribution in [2.24, 2.45) is 5.73 Å². The molecule has 0 radical (unpaired) electrons. The first-order valence-electron chi connectivity index (χ1n) is 6.45. The van der Waals surface area contributed by atoms with Crippen molar-refractivity contribution in [3.63, 3.8) is 0 Å². The maximum atomic E-state index is 13.2. The van der Waals surface area contributed by atoms with E-state index < -0.39 is 0 Å². The Balaban J connectivity index is 2.66. The number of unbranched alkanes of at least 4 members (excludes halogenated alkanes) is 1. The highest BCUT2D eigenvalue weighted by atomic mass is 19.1. The van der Waals surface area contributed by atoms with Gasteiger partial charge in [-0.3, -0.25) is 0 Å². The van der Waals surface area contributed by atoms with Gasteiger partial charge in [0, 0.05) is 6.04 Å². The van der Waals surface area contributed by atoms with Crippen molar-refractivity contribution in [1.29, 1.82) is 0 Å². The first kappa shape index (κ1) is 14.7. The van der Waals surface area contributed by atoms with Crippen LogP contribution in [0.2, 0.25) is 0 Å². The molecule has 0 aliphatic carbocycles. The molecular formula is C15H22FNO. The fourth-order valence-electron chi connectivity index (χ4n) is 1.68. The largest absolute Gasteiger partial charge is 0.493 e. The smallest absolute Gasteiger partial charge is 0.123 e. The Morgan fingerprint density at radius 1 is 1.50 bits per heavy atom. The lowest BCUT2D eigenvalue weighted by Gasteiger charge is -2.14. The summed E-state index contributed by atoms with van der Waals surface area (Å²) in [5.41, 5.74) is 6.76. The van der Waals surface area contributed by atoms with Gasteiger partial charge in [-0.1, -0.05) is 13.0 Å². The summed E-state index contributed by atoms with van der Waals surface area (Å²) in [6.07, 6.45) is 5.21. The van der Waals surface area contributed by atoms with Gasteiger partial charge in [-0.2, -0.15) is 0 Å². The first-order valence-corrected chi connectivity index (χ1v) is 6.45. The van der Waals surface area contributed by atoms with E-state index in [-0.39, 0.29) is 11.9 Å². The van der Waals surface area contributed by atoms with Crippen molar-refractivity contribution in [2.45, 2.75) is 38.6 Å². The number of benzene rings is 1. The second-order valence-electron chi connectivity index (χ2n) is 4.40. The van der Waals surface area contributed by atoms with Gasteiger partial charge in [-0.15, -0.1) is 6.58 Å². The van der Waals surface area contributed by atoms with Crippen molar-refractivity contribution in [3.05, 3.63) is 42.2 Å². The van der Waals surface area contributed by atoms with Crippen molar-refractivity contribution in [1.82, 2.24) is 0 Å². The summed E-state index contributed by atoms with van der Waals surface area (Å²) in [6, 6.07) is 4.66. The average molecular weight is 251 g/mol. The number of ether oxygens (including phenoxy) is 1. The summed E-state index contributed by atoms with van der Waals surface area (Å²) in [6.45, 7) is 6.30.